The van der Waals surface area contributed by atoms with Crippen molar-refractivity contribution in [2.75, 3.05) is 44.4 Å². The third-order valence-corrected chi connectivity index (χ3v) is 6.13. The first-order valence-corrected chi connectivity index (χ1v) is 10.5. The molecule has 3 N–H and O–H groups in total. The summed E-state index contributed by atoms with van der Waals surface area (Å²) in [6.07, 6.45) is 1.77. The Morgan fingerprint density at radius 1 is 1.30 bits per heavy atom. The summed E-state index contributed by atoms with van der Waals surface area (Å²) in [7, 11) is 0. The van der Waals surface area contributed by atoms with Crippen LogP contribution in [0.5, 0.6) is 0 Å². The number of aliphatic hydroxyl groups is 1. The molecule has 1 aromatic carbocycles. The number of hydrogen-bond acceptors (Lipinski definition) is 8. The Balaban J connectivity index is 1.66. The van der Waals surface area contributed by atoms with Gasteiger partial charge < -0.3 is 20.1 Å². The number of anilines is 1. The lowest BCUT2D eigenvalue weighted by atomic mass is 10.1. The number of thiophene rings is 1. The summed E-state index contributed by atoms with van der Waals surface area (Å²) in [6.45, 7) is 2.83. The van der Waals surface area contributed by atoms with Gasteiger partial charge in [-0.3, -0.25) is 9.89 Å². The van der Waals surface area contributed by atoms with Crippen LogP contribution in [0, 0.1) is 0 Å². The lowest BCUT2D eigenvalue weighted by Crippen LogP contribution is -2.36. The van der Waals surface area contributed by atoms with Crippen LogP contribution >= 0.6 is 11.3 Å². The highest BCUT2D eigenvalue weighted by Crippen LogP contribution is 2.35. The number of aromatic nitrogens is 4. The fourth-order valence-corrected chi connectivity index (χ4v) is 4.59. The summed E-state index contributed by atoms with van der Waals surface area (Å²) in [5, 5.41) is 19.8. The highest BCUT2D eigenvalue weighted by molar-refractivity contribution is 7.21. The Morgan fingerprint density at radius 3 is 3.00 bits per heavy atom. The van der Waals surface area contributed by atoms with Crippen molar-refractivity contribution in [2.24, 2.45) is 0 Å². The summed E-state index contributed by atoms with van der Waals surface area (Å²) in [5.74, 6) is 1.18. The fraction of sp³-hybridized carbons (Fsp3) is 0.300. The third kappa shape index (κ3) is 3.38. The molecule has 0 atom stereocenters. The SMILES string of the molecule is O=C(NCCO)c1cc2nc(-c3cccc4[nH]ncc34)nc(N3CCOCC3)c2s1. The van der Waals surface area contributed by atoms with E-state index in [1.54, 1.807) is 12.3 Å². The number of aromatic amines is 1. The van der Waals surface area contributed by atoms with E-state index in [1.165, 1.54) is 11.3 Å². The van der Waals surface area contributed by atoms with Gasteiger partial charge in [-0.1, -0.05) is 12.1 Å². The zero-order valence-corrected chi connectivity index (χ0v) is 16.9. The summed E-state index contributed by atoms with van der Waals surface area (Å²) in [5.41, 5.74) is 2.52. The van der Waals surface area contributed by atoms with Crippen LogP contribution in [0.4, 0.5) is 5.82 Å². The van der Waals surface area contributed by atoms with Gasteiger partial charge in [0.25, 0.3) is 5.91 Å². The number of hydrogen-bond donors (Lipinski definition) is 3. The average Bonchev–Trinajstić information content (AvgIpc) is 3.44. The second-order valence-corrected chi connectivity index (χ2v) is 7.96. The molecule has 1 aliphatic rings. The van der Waals surface area contributed by atoms with Gasteiger partial charge in [-0.15, -0.1) is 11.3 Å². The van der Waals surface area contributed by atoms with E-state index in [-0.39, 0.29) is 19.1 Å². The molecular weight excluding hydrogens is 404 g/mol. The number of ether oxygens (including phenoxy) is 1. The number of carbonyl (C=O) groups excluding carboxylic acids is 1. The van der Waals surface area contributed by atoms with Gasteiger partial charge in [0.05, 0.1) is 46.6 Å². The number of nitrogens with zero attached hydrogens (tertiary/aromatic N) is 4. The predicted molar refractivity (Wildman–Crippen MR) is 115 cm³/mol. The van der Waals surface area contributed by atoms with E-state index in [0.717, 1.165) is 45.6 Å². The van der Waals surface area contributed by atoms with Crippen molar-refractivity contribution in [1.29, 1.82) is 0 Å². The minimum absolute atomic E-state index is 0.103. The summed E-state index contributed by atoms with van der Waals surface area (Å²) >= 11 is 1.37. The smallest absolute Gasteiger partial charge is 0.261 e. The molecule has 0 spiro atoms. The van der Waals surface area contributed by atoms with Gasteiger partial charge in [-0.05, 0) is 12.1 Å². The Labute approximate surface area is 175 Å². The van der Waals surface area contributed by atoms with Crippen LogP contribution in [0.2, 0.25) is 0 Å². The number of aliphatic hydroxyl groups excluding tert-OH is 1. The highest BCUT2D eigenvalue weighted by atomic mass is 32.1. The molecule has 0 saturated carbocycles. The van der Waals surface area contributed by atoms with Gasteiger partial charge in [0.1, 0.15) is 0 Å². The number of benzene rings is 1. The molecule has 0 radical (unpaired) electrons. The Bertz CT molecular complexity index is 1210. The first-order chi connectivity index (χ1) is 14.7. The minimum Gasteiger partial charge on any atom is -0.395 e. The van der Waals surface area contributed by atoms with Gasteiger partial charge in [0.2, 0.25) is 0 Å². The average molecular weight is 424 g/mol. The molecular formula is C20H20N6O3S. The van der Waals surface area contributed by atoms with Crippen molar-refractivity contribution in [3.63, 3.8) is 0 Å². The van der Waals surface area contributed by atoms with Crippen LogP contribution in [-0.2, 0) is 4.74 Å². The molecule has 1 fully saturated rings. The molecule has 154 valence electrons. The van der Waals surface area contributed by atoms with E-state index >= 15 is 0 Å². The highest BCUT2D eigenvalue weighted by Gasteiger charge is 2.22. The molecule has 4 aromatic rings. The number of amides is 1. The number of H-pyrrole nitrogens is 1. The topological polar surface area (TPSA) is 116 Å². The van der Waals surface area contributed by atoms with Crippen LogP contribution in [0.15, 0.2) is 30.5 Å². The molecule has 0 bridgehead atoms. The van der Waals surface area contributed by atoms with Crippen molar-refractivity contribution >= 4 is 44.2 Å². The van der Waals surface area contributed by atoms with Gasteiger partial charge in [-0.25, -0.2) is 9.97 Å². The summed E-state index contributed by atoms with van der Waals surface area (Å²) in [6, 6.07) is 7.67. The molecule has 5 rings (SSSR count). The Kier molecular flexibility index (Phi) is 5.03. The molecule has 1 amide bonds. The van der Waals surface area contributed by atoms with E-state index in [2.05, 4.69) is 20.4 Å². The maximum absolute atomic E-state index is 12.4. The largest absolute Gasteiger partial charge is 0.395 e. The summed E-state index contributed by atoms with van der Waals surface area (Å²) < 4.78 is 6.37. The molecule has 10 heteroatoms. The quantitative estimate of drug-likeness (QED) is 0.447. The van der Waals surface area contributed by atoms with Crippen molar-refractivity contribution in [3.05, 3.63) is 35.3 Å². The lowest BCUT2D eigenvalue weighted by Gasteiger charge is -2.28. The molecule has 9 nitrogen and oxygen atoms in total. The number of nitrogens with one attached hydrogen (secondary N) is 2. The lowest BCUT2D eigenvalue weighted by molar-refractivity contribution is 0.0949. The van der Waals surface area contributed by atoms with E-state index in [4.69, 9.17) is 19.8 Å². The molecule has 0 unspecified atom stereocenters. The number of fused-ring (bicyclic) bond motifs is 2. The number of carbonyl (C=O) groups is 1. The number of morpholine rings is 1. The van der Waals surface area contributed by atoms with Crippen LogP contribution in [0.1, 0.15) is 9.67 Å². The standard InChI is InChI=1S/C20H20N6O3S/c27-7-4-21-20(28)16-10-15-17(30-16)19(26-5-8-29-9-6-26)24-18(23-15)12-2-1-3-14-13(12)11-22-25-14/h1-3,10-11,27H,4-9H2,(H,21,28)(H,22,25). The molecule has 1 aliphatic heterocycles. The zero-order valence-electron chi connectivity index (χ0n) is 16.1. The Hall–Kier alpha value is -3.08. The third-order valence-electron chi connectivity index (χ3n) is 5.01. The van der Waals surface area contributed by atoms with Crippen LogP contribution in [0.25, 0.3) is 32.5 Å². The maximum atomic E-state index is 12.4. The van der Waals surface area contributed by atoms with E-state index in [1.807, 2.05) is 18.2 Å². The van der Waals surface area contributed by atoms with Gasteiger partial charge in [0.15, 0.2) is 11.6 Å². The van der Waals surface area contributed by atoms with E-state index < -0.39 is 0 Å². The van der Waals surface area contributed by atoms with E-state index in [0.29, 0.717) is 23.9 Å². The summed E-state index contributed by atoms with van der Waals surface area (Å²) in [4.78, 5) is 24.9. The molecule has 1 saturated heterocycles. The fourth-order valence-electron chi connectivity index (χ4n) is 3.56. The first kappa shape index (κ1) is 18.9. The van der Waals surface area contributed by atoms with Gasteiger partial charge >= 0.3 is 0 Å². The predicted octanol–water partition coefficient (Wildman–Crippen LogP) is 1.79. The Morgan fingerprint density at radius 2 is 2.17 bits per heavy atom. The van der Waals surface area contributed by atoms with Gasteiger partial charge in [0, 0.05) is 30.6 Å². The first-order valence-electron chi connectivity index (χ1n) is 9.70. The van der Waals surface area contributed by atoms with Gasteiger partial charge in [-0.2, -0.15) is 5.10 Å². The zero-order chi connectivity index (χ0) is 20.5. The van der Waals surface area contributed by atoms with Crippen molar-refractivity contribution in [2.45, 2.75) is 0 Å². The normalized spacial score (nSPS) is 14.5. The maximum Gasteiger partial charge on any atom is 0.261 e. The second-order valence-electron chi connectivity index (χ2n) is 6.91. The number of rotatable bonds is 5. The molecule has 3 aromatic heterocycles. The minimum atomic E-state index is -0.224. The molecule has 30 heavy (non-hydrogen) atoms. The second kappa shape index (κ2) is 7.98. The molecule has 0 aliphatic carbocycles. The van der Waals surface area contributed by atoms with Crippen LogP contribution in [-0.4, -0.2) is 70.6 Å². The van der Waals surface area contributed by atoms with Crippen molar-refractivity contribution < 1.29 is 14.6 Å². The van der Waals surface area contributed by atoms with Crippen LogP contribution < -0.4 is 10.2 Å². The monoisotopic (exact) mass is 424 g/mol. The van der Waals surface area contributed by atoms with Crippen LogP contribution in [0.3, 0.4) is 0 Å². The van der Waals surface area contributed by atoms with Crippen molar-refractivity contribution in [3.8, 4) is 11.4 Å². The molecule has 4 heterocycles. The van der Waals surface area contributed by atoms with E-state index in [9.17, 15) is 4.79 Å². The van der Waals surface area contributed by atoms with Crippen molar-refractivity contribution in [1.82, 2.24) is 25.5 Å².